The van der Waals surface area contributed by atoms with E-state index in [0.717, 1.165) is 12.0 Å². The number of benzene rings is 2. The van der Waals surface area contributed by atoms with Gasteiger partial charge in [-0.1, -0.05) is 63.9 Å². The molecule has 0 aromatic heterocycles. The molecule has 0 aliphatic rings. The molecule has 0 amide bonds. The van der Waals surface area contributed by atoms with Crippen LogP contribution in [0.15, 0.2) is 48.5 Å². The lowest BCUT2D eigenvalue weighted by Crippen LogP contribution is -1.96. The van der Waals surface area contributed by atoms with Gasteiger partial charge in [0.1, 0.15) is 5.82 Å². The first-order valence-corrected chi connectivity index (χ1v) is 6.59. The quantitative estimate of drug-likeness (QED) is 0.687. The second-order valence-electron chi connectivity index (χ2n) is 3.83. The maximum Gasteiger partial charge on any atom is 0.142 e. The normalized spacial score (nSPS) is 12.4. The molecular weight excluding hydrogens is 303 g/mol. The molecule has 2 aromatic carbocycles. The zero-order valence-electron chi connectivity index (χ0n) is 9.04. The van der Waals surface area contributed by atoms with E-state index in [0.29, 0.717) is 0 Å². The predicted octanol–water partition coefficient (Wildman–Crippen LogP) is 5.16. The van der Waals surface area contributed by atoms with Crippen LogP contribution in [0.25, 0.3) is 0 Å². The fourth-order valence-electron chi connectivity index (χ4n) is 1.65. The van der Waals surface area contributed by atoms with E-state index in [-0.39, 0.29) is 15.7 Å². The Kier molecular flexibility index (Phi) is 4.19. The van der Waals surface area contributed by atoms with Crippen molar-refractivity contribution in [3.05, 3.63) is 70.5 Å². The average molecular weight is 314 g/mol. The lowest BCUT2D eigenvalue weighted by molar-refractivity contribution is 0.625. The summed E-state index contributed by atoms with van der Waals surface area (Å²) in [5.74, 6) is -0.373. The van der Waals surface area contributed by atoms with Crippen LogP contribution in [0.3, 0.4) is 0 Å². The standard InChI is InChI=1S/C14H11BrClF/c15-12(8-10-4-2-1-3-5-10)11-6-7-13(16)14(17)9-11/h1-7,9,12H,8H2. The van der Waals surface area contributed by atoms with Crippen molar-refractivity contribution < 1.29 is 4.39 Å². The van der Waals surface area contributed by atoms with Crippen LogP contribution >= 0.6 is 27.5 Å². The summed E-state index contributed by atoms with van der Waals surface area (Å²) in [4.78, 5) is 0.0941. The van der Waals surface area contributed by atoms with Gasteiger partial charge in [0.25, 0.3) is 0 Å². The summed E-state index contributed by atoms with van der Waals surface area (Å²) in [6, 6.07) is 15.0. The smallest absolute Gasteiger partial charge is 0.142 e. The van der Waals surface area contributed by atoms with Gasteiger partial charge >= 0.3 is 0 Å². The minimum absolute atomic E-state index is 0.0941. The van der Waals surface area contributed by atoms with E-state index in [9.17, 15) is 4.39 Å². The van der Waals surface area contributed by atoms with Gasteiger partial charge in [-0.3, -0.25) is 0 Å². The van der Waals surface area contributed by atoms with Crippen molar-refractivity contribution in [2.24, 2.45) is 0 Å². The van der Waals surface area contributed by atoms with Gasteiger partial charge in [-0.05, 0) is 29.7 Å². The van der Waals surface area contributed by atoms with Gasteiger partial charge in [0, 0.05) is 4.83 Å². The number of hydrogen-bond acceptors (Lipinski definition) is 0. The summed E-state index contributed by atoms with van der Waals surface area (Å²) >= 11 is 9.23. The van der Waals surface area contributed by atoms with E-state index in [1.54, 1.807) is 6.07 Å². The maximum absolute atomic E-state index is 13.3. The molecule has 0 saturated heterocycles. The van der Waals surface area contributed by atoms with Crippen molar-refractivity contribution in [2.45, 2.75) is 11.2 Å². The Morgan fingerprint density at radius 3 is 2.47 bits per heavy atom. The molecule has 2 rings (SSSR count). The van der Waals surface area contributed by atoms with E-state index >= 15 is 0 Å². The minimum Gasteiger partial charge on any atom is -0.205 e. The molecule has 0 spiro atoms. The number of alkyl halides is 1. The molecule has 1 atom stereocenters. The Balaban J connectivity index is 2.14. The van der Waals surface area contributed by atoms with Crippen LogP contribution in [0.5, 0.6) is 0 Å². The highest BCUT2D eigenvalue weighted by Crippen LogP contribution is 2.29. The number of hydrogen-bond donors (Lipinski definition) is 0. The van der Waals surface area contributed by atoms with Gasteiger partial charge in [-0.15, -0.1) is 0 Å². The van der Waals surface area contributed by atoms with Crippen LogP contribution < -0.4 is 0 Å². The van der Waals surface area contributed by atoms with Crippen LogP contribution in [0.1, 0.15) is 16.0 Å². The van der Waals surface area contributed by atoms with E-state index < -0.39 is 0 Å². The summed E-state index contributed by atoms with van der Waals surface area (Å²) < 4.78 is 13.3. The van der Waals surface area contributed by atoms with Crippen LogP contribution in [0, 0.1) is 5.82 Å². The molecule has 0 bridgehead atoms. The van der Waals surface area contributed by atoms with Crippen molar-refractivity contribution in [1.29, 1.82) is 0 Å². The van der Waals surface area contributed by atoms with E-state index in [1.165, 1.54) is 11.6 Å². The lowest BCUT2D eigenvalue weighted by atomic mass is 10.0. The van der Waals surface area contributed by atoms with E-state index in [1.807, 2.05) is 24.3 Å². The third-order valence-electron chi connectivity index (χ3n) is 2.56. The summed E-state index contributed by atoms with van der Waals surface area (Å²) in [5, 5.41) is 0.160. The van der Waals surface area contributed by atoms with Crippen molar-refractivity contribution in [1.82, 2.24) is 0 Å². The summed E-state index contributed by atoms with van der Waals surface area (Å²) in [5.41, 5.74) is 2.11. The molecule has 3 heteroatoms. The van der Waals surface area contributed by atoms with Gasteiger partial charge in [0.05, 0.1) is 5.02 Å². The third kappa shape index (κ3) is 3.30. The lowest BCUT2D eigenvalue weighted by Gasteiger charge is -2.10. The molecule has 17 heavy (non-hydrogen) atoms. The van der Waals surface area contributed by atoms with Crippen molar-refractivity contribution >= 4 is 27.5 Å². The van der Waals surface area contributed by atoms with E-state index in [4.69, 9.17) is 11.6 Å². The Labute approximate surface area is 114 Å². The van der Waals surface area contributed by atoms with Gasteiger partial charge in [0.2, 0.25) is 0 Å². The Morgan fingerprint density at radius 2 is 1.82 bits per heavy atom. The van der Waals surface area contributed by atoms with Crippen LogP contribution in [0.2, 0.25) is 5.02 Å². The second-order valence-corrected chi connectivity index (χ2v) is 5.34. The molecule has 0 fully saturated rings. The van der Waals surface area contributed by atoms with E-state index in [2.05, 4.69) is 28.1 Å². The molecule has 1 unspecified atom stereocenters. The highest BCUT2D eigenvalue weighted by molar-refractivity contribution is 9.09. The van der Waals surface area contributed by atoms with Crippen LogP contribution in [-0.4, -0.2) is 0 Å². The highest BCUT2D eigenvalue weighted by Gasteiger charge is 2.10. The first-order chi connectivity index (χ1) is 8.16. The molecule has 2 aromatic rings. The minimum atomic E-state index is -0.373. The third-order valence-corrected chi connectivity index (χ3v) is 3.72. The van der Waals surface area contributed by atoms with Crippen LogP contribution in [-0.2, 0) is 6.42 Å². The van der Waals surface area contributed by atoms with Crippen LogP contribution in [0.4, 0.5) is 4.39 Å². The zero-order valence-corrected chi connectivity index (χ0v) is 11.4. The summed E-state index contributed by atoms with van der Waals surface area (Å²) in [6.45, 7) is 0. The summed E-state index contributed by atoms with van der Waals surface area (Å²) in [6.07, 6.45) is 0.821. The Bertz CT molecular complexity index is 499. The average Bonchev–Trinajstić information content (AvgIpc) is 2.34. The molecule has 88 valence electrons. The molecule has 0 radical (unpaired) electrons. The zero-order chi connectivity index (χ0) is 12.3. The summed E-state index contributed by atoms with van der Waals surface area (Å²) in [7, 11) is 0. The van der Waals surface area contributed by atoms with Gasteiger partial charge in [-0.25, -0.2) is 4.39 Å². The van der Waals surface area contributed by atoms with Gasteiger partial charge < -0.3 is 0 Å². The first kappa shape index (κ1) is 12.6. The fraction of sp³-hybridized carbons (Fsp3) is 0.143. The fourth-order valence-corrected chi connectivity index (χ4v) is 2.42. The van der Waals surface area contributed by atoms with Gasteiger partial charge in [-0.2, -0.15) is 0 Å². The maximum atomic E-state index is 13.3. The van der Waals surface area contributed by atoms with Crippen molar-refractivity contribution in [2.75, 3.05) is 0 Å². The molecular formula is C14H11BrClF. The van der Waals surface area contributed by atoms with Crippen molar-refractivity contribution in [3.63, 3.8) is 0 Å². The largest absolute Gasteiger partial charge is 0.205 e. The predicted molar refractivity (Wildman–Crippen MR) is 73.2 cm³/mol. The monoisotopic (exact) mass is 312 g/mol. The number of halogens is 3. The second kappa shape index (κ2) is 5.65. The molecule has 0 heterocycles. The first-order valence-electron chi connectivity index (χ1n) is 5.30. The molecule has 0 aliphatic carbocycles. The molecule has 0 saturated carbocycles. The highest BCUT2D eigenvalue weighted by atomic mass is 79.9. The topological polar surface area (TPSA) is 0 Å². The van der Waals surface area contributed by atoms with Crippen molar-refractivity contribution in [3.8, 4) is 0 Å². The van der Waals surface area contributed by atoms with Gasteiger partial charge in [0.15, 0.2) is 0 Å². The molecule has 0 nitrogen and oxygen atoms in total. The Morgan fingerprint density at radius 1 is 1.12 bits per heavy atom. The SMILES string of the molecule is Fc1cc(C(Br)Cc2ccccc2)ccc1Cl. The number of rotatable bonds is 3. The Hall–Kier alpha value is -0.860. The molecule has 0 aliphatic heterocycles. The molecule has 0 N–H and O–H groups in total.